The van der Waals surface area contributed by atoms with Gasteiger partial charge in [-0.05, 0) is 19.4 Å². The van der Waals surface area contributed by atoms with Gasteiger partial charge in [-0.2, -0.15) is 13.2 Å². The summed E-state index contributed by atoms with van der Waals surface area (Å²) < 4.78 is 39.9. The number of nitrogens with one attached hydrogen (secondary N) is 1. The zero-order valence-corrected chi connectivity index (χ0v) is 13.3. The van der Waals surface area contributed by atoms with Gasteiger partial charge in [-0.15, -0.1) is 11.3 Å². The van der Waals surface area contributed by atoms with Crippen molar-refractivity contribution in [2.75, 3.05) is 6.54 Å². The van der Waals surface area contributed by atoms with E-state index in [1.165, 1.54) is 24.3 Å². The van der Waals surface area contributed by atoms with Crippen molar-refractivity contribution < 1.29 is 23.1 Å². The quantitative estimate of drug-likeness (QED) is 0.896. The second-order valence-corrected chi connectivity index (χ2v) is 6.26. The monoisotopic (exact) mass is 344 g/mol. The molecule has 1 aromatic carbocycles. The molecule has 8 heteroatoms. The number of hydrogen-bond donors (Lipinski definition) is 2. The number of hydrogen-bond acceptors (Lipinski definition) is 4. The molecule has 0 spiro atoms. The van der Waals surface area contributed by atoms with Gasteiger partial charge in [0.25, 0.3) is 5.91 Å². The number of aromatic nitrogens is 1. The molecule has 2 rings (SSSR count). The lowest BCUT2D eigenvalue weighted by Gasteiger charge is -2.31. The first kappa shape index (κ1) is 17.4. The second-order valence-electron chi connectivity index (χ2n) is 5.05. The molecule has 1 aromatic heterocycles. The van der Waals surface area contributed by atoms with Gasteiger partial charge in [0.2, 0.25) is 5.60 Å². The van der Waals surface area contributed by atoms with Gasteiger partial charge in [0.05, 0.1) is 17.2 Å². The number of aryl methyl sites for hydroxylation is 2. The van der Waals surface area contributed by atoms with Crippen LogP contribution in [0.4, 0.5) is 13.2 Å². The van der Waals surface area contributed by atoms with Crippen molar-refractivity contribution >= 4 is 17.2 Å². The summed E-state index contributed by atoms with van der Waals surface area (Å²) >= 11 is 1.09. The predicted octanol–water partition coefficient (Wildman–Crippen LogP) is 2.94. The third-order valence-corrected chi connectivity index (χ3v) is 4.41. The van der Waals surface area contributed by atoms with Gasteiger partial charge >= 0.3 is 6.18 Å². The Kier molecular flexibility index (Phi) is 4.76. The third kappa shape index (κ3) is 3.53. The highest BCUT2D eigenvalue weighted by Gasteiger charge is 2.55. The molecular weight excluding hydrogens is 329 g/mol. The normalized spacial score (nSPS) is 14.3. The molecule has 2 aromatic rings. The molecule has 0 saturated carbocycles. The minimum Gasteiger partial charge on any atom is -0.375 e. The molecule has 0 radical (unpaired) electrons. The van der Waals surface area contributed by atoms with Crippen LogP contribution in [0, 0.1) is 13.8 Å². The summed E-state index contributed by atoms with van der Waals surface area (Å²) in [7, 11) is 0. The SMILES string of the molecule is Cc1nc(C)c(C(=O)NC[C@](O)(c2ccccc2)C(F)(F)F)s1. The zero-order valence-electron chi connectivity index (χ0n) is 12.4. The number of carbonyl (C=O) groups is 1. The minimum absolute atomic E-state index is 0.236. The molecule has 0 fully saturated rings. The number of amides is 1. The van der Waals surface area contributed by atoms with Crippen LogP contribution in [0.25, 0.3) is 0 Å². The van der Waals surface area contributed by atoms with Crippen LogP contribution in [0.5, 0.6) is 0 Å². The highest BCUT2D eigenvalue weighted by atomic mass is 32.1. The second kappa shape index (κ2) is 6.29. The van der Waals surface area contributed by atoms with Crippen LogP contribution in [0.15, 0.2) is 30.3 Å². The van der Waals surface area contributed by atoms with Crippen molar-refractivity contribution in [3.63, 3.8) is 0 Å². The average Bonchev–Trinajstić information content (AvgIpc) is 2.83. The first-order valence-corrected chi connectivity index (χ1v) is 7.53. The maximum absolute atomic E-state index is 13.3. The third-order valence-electron chi connectivity index (χ3n) is 3.33. The molecule has 4 nitrogen and oxygen atoms in total. The van der Waals surface area contributed by atoms with E-state index < -0.39 is 24.2 Å². The van der Waals surface area contributed by atoms with Crippen molar-refractivity contribution in [1.82, 2.24) is 10.3 Å². The fourth-order valence-corrected chi connectivity index (χ4v) is 2.95. The van der Waals surface area contributed by atoms with Crippen LogP contribution < -0.4 is 5.32 Å². The highest BCUT2D eigenvalue weighted by Crippen LogP contribution is 2.38. The highest BCUT2D eigenvalue weighted by molar-refractivity contribution is 7.13. The fraction of sp³-hybridized carbons (Fsp3) is 0.333. The first-order valence-electron chi connectivity index (χ1n) is 6.72. The molecule has 1 amide bonds. The lowest BCUT2D eigenvalue weighted by Crippen LogP contribution is -2.51. The van der Waals surface area contributed by atoms with Gasteiger partial charge in [-0.3, -0.25) is 4.79 Å². The molecule has 23 heavy (non-hydrogen) atoms. The van der Waals surface area contributed by atoms with Crippen LogP contribution in [0.2, 0.25) is 0 Å². The molecule has 0 aliphatic heterocycles. The molecular formula is C15H15F3N2O2S. The molecule has 0 aliphatic rings. The predicted molar refractivity (Wildman–Crippen MR) is 80.3 cm³/mol. The summed E-state index contributed by atoms with van der Waals surface area (Å²) in [4.78, 5) is 16.4. The van der Waals surface area contributed by atoms with E-state index in [0.29, 0.717) is 10.7 Å². The van der Waals surface area contributed by atoms with Gasteiger partial charge in [0, 0.05) is 0 Å². The van der Waals surface area contributed by atoms with Gasteiger partial charge < -0.3 is 10.4 Å². The van der Waals surface area contributed by atoms with E-state index in [2.05, 4.69) is 10.3 Å². The molecule has 0 unspecified atom stereocenters. The molecule has 1 heterocycles. The number of rotatable bonds is 4. The van der Waals surface area contributed by atoms with Crippen LogP contribution in [0.1, 0.15) is 25.9 Å². The topological polar surface area (TPSA) is 62.2 Å². The van der Waals surface area contributed by atoms with E-state index in [-0.39, 0.29) is 10.4 Å². The van der Waals surface area contributed by atoms with Crippen molar-refractivity contribution in [2.45, 2.75) is 25.6 Å². The first-order chi connectivity index (χ1) is 10.6. The van der Waals surface area contributed by atoms with Crippen LogP contribution >= 0.6 is 11.3 Å². The Morgan fingerprint density at radius 3 is 2.35 bits per heavy atom. The van der Waals surface area contributed by atoms with Crippen molar-refractivity contribution in [2.24, 2.45) is 0 Å². The van der Waals surface area contributed by atoms with E-state index in [1.54, 1.807) is 19.9 Å². The molecule has 124 valence electrons. The van der Waals surface area contributed by atoms with Gasteiger partial charge in [-0.25, -0.2) is 4.98 Å². The maximum atomic E-state index is 13.3. The van der Waals surface area contributed by atoms with Crippen LogP contribution in [0.3, 0.4) is 0 Å². The molecule has 0 aliphatic carbocycles. The van der Waals surface area contributed by atoms with Crippen molar-refractivity contribution in [3.8, 4) is 0 Å². The Balaban J connectivity index is 2.23. The standard InChI is InChI=1S/C15H15F3N2O2S/c1-9-12(23-10(2)20-9)13(21)19-8-14(22,15(16,17)18)11-6-4-3-5-7-11/h3-7,22H,8H2,1-2H3,(H,19,21)/t14-/m0/s1. The van der Waals surface area contributed by atoms with Gasteiger partial charge in [0.15, 0.2) is 0 Å². The van der Waals surface area contributed by atoms with Crippen molar-refractivity contribution in [1.29, 1.82) is 0 Å². The Hall–Kier alpha value is -1.93. The Bertz CT molecular complexity index is 700. The number of aliphatic hydroxyl groups is 1. The number of halogens is 3. The van der Waals surface area contributed by atoms with E-state index in [4.69, 9.17) is 0 Å². The summed E-state index contributed by atoms with van der Waals surface area (Å²) in [5.74, 6) is -0.688. The average molecular weight is 344 g/mol. The smallest absolute Gasteiger partial charge is 0.375 e. The number of thiazole rings is 1. The largest absolute Gasteiger partial charge is 0.423 e. The van der Waals surface area contributed by atoms with E-state index in [1.807, 2.05) is 0 Å². The van der Waals surface area contributed by atoms with Crippen LogP contribution in [-0.2, 0) is 5.60 Å². The lowest BCUT2D eigenvalue weighted by molar-refractivity contribution is -0.263. The van der Waals surface area contributed by atoms with Crippen LogP contribution in [-0.4, -0.2) is 28.7 Å². The number of benzene rings is 1. The molecule has 1 atom stereocenters. The molecule has 2 N–H and O–H groups in total. The number of nitrogens with zero attached hydrogens (tertiary/aromatic N) is 1. The number of alkyl halides is 3. The van der Waals surface area contributed by atoms with Gasteiger partial charge in [-0.1, -0.05) is 30.3 Å². The summed E-state index contributed by atoms with van der Waals surface area (Å²) in [6.07, 6.45) is -4.93. The summed E-state index contributed by atoms with van der Waals surface area (Å²) in [5, 5.41) is 12.9. The molecule has 0 bridgehead atoms. The summed E-state index contributed by atoms with van der Waals surface area (Å²) in [6.45, 7) is 2.33. The zero-order chi connectivity index (χ0) is 17.3. The maximum Gasteiger partial charge on any atom is 0.423 e. The molecule has 0 saturated heterocycles. The van der Waals surface area contributed by atoms with Crippen molar-refractivity contribution in [3.05, 3.63) is 51.5 Å². The van der Waals surface area contributed by atoms with E-state index >= 15 is 0 Å². The Morgan fingerprint density at radius 1 is 1.26 bits per heavy atom. The Labute approximate surface area is 135 Å². The minimum atomic E-state index is -4.93. The fourth-order valence-electron chi connectivity index (χ4n) is 2.11. The van der Waals surface area contributed by atoms with E-state index in [0.717, 1.165) is 11.3 Å². The Morgan fingerprint density at radius 2 is 1.87 bits per heavy atom. The van der Waals surface area contributed by atoms with Gasteiger partial charge in [0.1, 0.15) is 4.88 Å². The van der Waals surface area contributed by atoms with E-state index in [9.17, 15) is 23.1 Å². The number of carbonyl (C=O) groups excluding carboxylic acids is 1. The summed E-state index contributed by atoms with van der Waals surface area (Å²) in [5.41, 5.74) is -3.04. The summed E-state index contributed by atoms with van der Waals surface area (Å²) in [6, 6.07) is 6.67. The lowest BCUT2D eigenvalue weighted by atomic mass is 9.93.